The zero-order valence-corrected chi connectivity index (χ0v) is 26.4. The number of benzene rings is 2. The van der Waals surface area contributed by atoms with Gasteiger partial charge in [0.25, 0.3) is 0 Å². The third kappa shape index (κ3) is 6.25. The van der Waals surface area contributed by atoms with Crippen LogP contribution in [0.15, 0.2) is 85.2 Å². The molecule has 0 saturated heterocycles. The molecule has 1 aliphatic rings. The summed E-state index contributed by atoms with van der Waals surface area (Å²) in [6.07, 6.45) is 9.52. The predicted octanol–water partition coefficient (Wildman–Crippen LogP) is 6.40. The first-order chi connectivity index (χ1) is 22.4. The van der Waals surface area contributed by atoms with E-state index >= 15 is 0 Å². The highest BCUT2D eigenvalue weighted by molar-refractivity contribution is 5.91. The van der Waals surface area contributed by atoms with Gasteiger partial charge >= 0.3 is 0 Å². The van der Waals surface area contributed by atoms with E-state index in [1.807, 2.05) is 75.0 Å². The topological polar surface area (TPSA) is 95.6 Å². The molecule has 0 unspecified atom stereocenters. The Labute approximate surface area is 268 Å². The summed E-state index contributed by atoms with van der Waals surface area (Å²) in [7, 11) is 4.02. The van der Waals surface area contributed by atoms with Crippen molar-refractivity contribution in [3.8, 4) is 0 Å². The summed E-state index contributed by atoms with van der Waals surface area (Å²) < 4.78 is 4.14. The quantitative estimate of drug-likeness (QED) is 0.178. The number of Topliss-reactive ketones (excluding diaryl/α,β-unsaturated/α-hetero) is 2. The van der Waals surface area contributed by atoms with Gasteiger partial charge in [-0.25, -0.2) is 0 Å². The minimum atomic E-state index is 0.133. The molecule has 2 aromatic carbocycles. The van der Waals surface area contributed by atoms with Gasteiger partial charge in [0, 0.05) is 73.0 Å². The van der Waals surface area contributed by atoms with Crippen molar-refractivity contribution in [3.63, 3.8) is 0 Å². The van der Waals surface area contributed by atoms with Gasteiger partial charge in [-0.05, 0) is 66.8 Å². The lowest BCUT2D eigenvalue weighted by atomic mass is 9.78. The molecule has 1 aliphatic carbocycles. The molecule has 0 bridgehead atoms. The monoisotopic (exact) mass is 610 g/mol. The molecule has 8 heteroatoms. The molecule has 0 radical (unpaired) electrons. The molecule has 6 aromatic rings. The average molecular weight is 611 g/mol. The molecule has 0 amide bonds. The molecule has 7 rings (SSSR count). The first-order valence-electron chi connectivity index (χ1n) is 16.2. The summed E-state index contributed by atoms with van der Waals surface area (Å²) in [6.45, 7) is 0. The van der Waals surface area contributed by atoms with Crippen molar-refractivity contribution in [2.24, 2.45) is 14.1 Å². The molecule has 0 N–H and O–H groups in total. The zero-order chi connectivity index (χ0) is 31.6. The largest absolute Gasteiger partial charge is 0.350 e. The number of carbonyl (C=O) groups is 2. The van der Waals surface area contributed by atoms with Crippen LogP contribution in [0.4, 0.5) is 0 Å². The first-order valence-corrected chi connectivity index (χ1v) is 16.2. The number of para-hydroxylation sites is 2. The lowest BCUT2D eigenvalue weighted by Crippen LogP contribution is -2.17. The van der Waals surface area contributed by atoms with Crippen LogP contribution in [0.25, 0.3) is 21.8 Å². The number of hydrogen-bond acceptors (Lipinski definition) is 6. The van der Waals surface area contributed by atoms with Crippen LogP contribution >= 0.6 is 0 Å². The second kappa shape index (κ2) is 12.8. The van der Waals surface area contributed by atoms with Crippen LogP contribution in [-0.2, 0) is 49.4 Å². The van der Waals surface area contributed by atoms with Crippen molar-refractivity contribution < 1.29 is 9.59 Å². The van der Waals surface area contributed by atoms with Crippen molar-refractivity contribution in [1.29, 1.82) is 0 Å². The molecule has 8 nitrogen and oxygen atoms in total. The van der Waals surface area contributed by atoms with Crippen molar-refractivity contribution >= 4 is 33.4 Å². The van der Waals surface area contributed by atoms with E-state index in [0.29, 0.717) is 24.2 Å². The molecule has 0 spiro atoms. The van der Waals surface area contributed by atoms with Crippen LogP contribution in [-0.4, -0.2) is 41.1 Å². The number of aryl methyl sites for hydroxylation is 2. The van der Waals surface area contributed by atoms with Crippen LogP contribution < -0.4 is 0 Å². The van der Waals surface area contributed by atoms with Crippen LogP contribution in [0.2, 0.25) is 0 Å². The molecule has 46 heavy (non-hydrogen) atoms. The molecular formula is C38H38N6O2. The van der Waals surface area contributed by atoms with E-state index in [-0.39, 0.29) is 36.2 Å². The Morgan fingerprint density at radius 2 is 1.07 bits per heavy atom. The van der Waals surface area contributed by atoms with Gasteiger partial charge in [0.2, 0.25) is 0 Å². The normalized spacial score (nSPS) is 16.7. The maximum Gasteiger partial charge on any atom is 0.143 e. The molecule has 0 aliphatic heterocycles. The van der Waals surface area contributed by atoms with E-state index in [0.717, 1.165) is 70.0 Å². The van der Waals surface area contributed by atoms with Crippen LogP contribution in [0.5, 0.6) is 0 Å². The standard InChI is InChI=1S/C38H38N6O2/c1-43-23-27(33-10-3-5-12-37(33)43)19-31(45)21-29-14-16-35(41-39-29)25-8-7-9-26(18-25)36-17-15-30(40-42-36)22-32(46)20-28-24-44(2)38-13-6-4-11-34(28)38/h3-6,10-17,23-26H,7-9,18-22H2,1-2H3/t25-,26-/m0/s1. The van der Waals surface area contributed by atoms with Gasteiger partial charge in [0.05, 0.1) is 35.6 Å². The van der Waals surface area contributed by atoms with E-state index in [1.165, 1.54) is 0 Å². The third-order valence-corrected chi connectivity index (χ3v) is 9.48. The number of aromatic nitrogens is 6. The van der Waals surface area contributed by atoms with Crippen molar-refractivity contribution in [2.45, 2.75) is 63.2 Å². The maximum atomic E-state index is 12.9. The van der Waals surface area contributed by atoms with Crippen molar-refractivity contribution in [3.05, 3.63) is 119 Å². The van der Waals surface area contributed by atoms with Gasteiger partial charge < -0.3 is 9.13 Å². The Morgan fingerprint density at radius 3 is 1.50 bits per heavy atom. The Bertz CT molecular complexity index is 1880. The average Bonchev–Trinajstić information content (AvgIpc) is 3.56. The van der Waals surface area contributed by atoms with E-state index in [2.05, 4.69) is 53.8 Å². The molecule has 4 heterocycles. The smallest absolute Gasteiger partial charge is 0.143 e. The minimum absolute atomic E-state index is 0.133. The Kier molecular flexibility index (Phi) is 8.26. The van der Waals surface area contributed by atoms with Crippen molar-refractivity contribution in [2.75, 3.05) is 0 Å². The Hall–Kier alpha value is -4.98. The number of fused-ring (bicyclic) bond motifs is 2. The second-order valence-electron chi connectivity index (χ2n) is 12.8. The lowest BCUT2D eigenvalue weighted by Gasteiger charge is -2.28. The van der Waals surface area contributed by atoms with Gasteiger partial charge in [-0.1, -0.05) is 42.8 Å². The Morgan fingerprint density at radius 1 is 0.609 bits per heavy atom. The summed E-state index contributed by atoms with van der Waals surface area (Å²) in [5.74, 6) is 0.840. The van der Waals surface area contributed by atoms with Gasteiger partial charge in [-0.3, -0.25) is 9.59 Å². The SMILES string of the molecule is Cn1cc(CC(=O)Cc2ccc([C@H]3CCC[C@H](c4ccc(CC(=O)Cc5cn(C)c6ccccc56)nn4)C3)nn2)c2ccccc21. The lowest BCUT2D eigenvalue weighted by molar-refractivity contribution is -0.118. The van der Waals surface area contributed by atoms with E-state index in [1.54, 1.807) is 0 Å². The molecule has 4 aromatic heterocycles. The molecule has 1 fully saturated rings. The molecule has 2 atom stereocenters. The van der Waals surface area contributed by atoms with Gasteiger partial charge in [0.15, 0.2) is 0 Å². The van der Waals surface area contributed by atoms with E-state index in [4.69, 9.17) is 0 Å². The van der Waals surface area contributed by atoms with Crippen LogP contribution in [0.1, 0.15) is 71.4 Å². The third-order valence-electron chi connectivity index (χ3n) is 9.48. The van der Waals surface area contributed by atoms with Crippen molar-refractivity contribution in [1.82, 2.24) is 29.5 Å². The summed E-state index contributed by atoms with van der Waals surface area (Å²) in [5, 5.41) is 20.3. The molecular weight excluding hydrogens is 572 g/mol. The fourth-order valence-corrected chi connectivity index (χ4v) is 7.18. The van der Waals surface area contributed by atoms with E-state index < -0.39 is 0 Å². The predicted molar refractivity (Wildman–Crippen MR) is 179 cm³/mol. The highest BCUT2D eigenvalue weighted by atomic mass is 16.1. The summed E-state index contributed by atoms with van der Waals surface area (Å²) in [5.41, 5.74) is 7.71. The number of hydrogen-bond donors (Lipinski definition) is 0. The summed E-state index contributed by atoms with van der Waals surface area (Å²) >= 11 is 0. The molecule has 232 valence electrons. The first kappa shape index (κ1) is 29.7. The highest BCUT2D eigenvalue weighted by Gasteiger charge is 2.27. The number of nitrogens with zero attached hydrogens (tertiary/aromatic N) is 6. The van der Waals surface area contributed by atoms with Crippen LogP contribution in [0.3, 0.4) is 0 Å². The summed E-state index contributed by atoms with van der Waals surface area (Å²) in [6, 6.07) is 24.3. The highest BCUT2D eigenvalue weighted by Crippen LogP contribution is 2.40. The van der Waals surface area contributed by atoms with Crippen LogP contribution in [0, 0.1) is 0 Å². The fraction of sp³-hybridized carbons (Fsp3) is 0.316. The van der Waals surface area contributed by atoms with Gasteiger partial charge in [-0.2, -0.15) is 20.4 Å². The van der Waals surface area contributed by atoms with E-state index in [9.17, 15) is 9.59 Å². The second-order valence-corrected chi connectivity index (χ2v) is 12.8. The fourth-order valence-electron chi connectivity index (χ4n) is 7.18. The maximum absolute atomic E-state index is 12.9. The minimum Gasteiger partial charge on any atom is -0.350 e. The molecule has 1 saturated carbocycles. The number of rotatable bonds is 10. The Balaban J connectivity index is 0.938. The van der Waals surface area contributed by atoms with Gasteiger partial charge in [0.1, 0.15) is 11.6 Å². The number of carbonyl (C=O) groups excluding carboxylic acids is 2. The summed E-state index contributed by atoms with van der Waals surface area (Å²) in [4.78, 5) is 25.9. The van der Waals surface area contributed by atoms with Gasteiger partial charge in [-0.15, -0.1) is 0 Å². The zero-order valence-electron chi connectivity index (χ0n) is 26.4. The number of ketones is 2.